The fourth-order valence-electron chi connectivity index (χ4n) is 1.96. The van der Waals surface area contributed by atoms with Crippen molar-refractivity contribution in [2.45, 2.75) is 12.3 Å². The number of nitrogens with zero attached hydrogens (tertiary/aromatic N) is 1. The molecular weight excluding hydrogens is 210 g/mol. The monoisotopic (exact) mass is 225 g/mol. The molecule has 0 bridgehead atoms. The van der Waals surface area contributed by atoms with E-state index in [2.05, 4.69) is 40.9 Å². The Hall–Kier alpha value is -0.250. The summed E-state index contributed by atoms with van der Waals surface area (Å²) < 4.78 is 2.41. The lowest BCUT2D eigenvalue weighted by atomic mass is 9.99. The van der Waals surface area contributed by atoms with E-state index in [1.54, 1.807) is 0 Å². The molecule has 1 aromatic rings. The van der Waals surface area contributed by atoms with E-state index in [9.17, 15) is 0 Å². The van der Waals surface area contributed by atoms with Crippen LogP contribution in [0.15, 0.2) is 30.3 Å². The van der Waals surface area contributed by atoms with E-state index in [1.165, 1.54) is 18.5 Å². The summed E-state index contributed by atoms with van der Waals surface area (Å²) in [5.74, 6) is 0.703. The van der Waals surface area contributed by atoms with Crippen molar-refractivity contribution in [1.29, 1.82) is 0 Å². The molecule has 0 amide bonds. The van der Waals surface area contributed by atoms with Crippen LogP contribution in [0.25, 0.3) is 0 Å². The van der Waals surface area contributed by atoms with E-state index in [-0.39, 0.29) is 9.64 Å². The summed E-state index contributed by atoms with van der Waals surface area (Å²) >= 11 is 5.30. The van der Waals surface area contributed by atoms with E-state index in [4.69, 9.17) is 11.2 Å². The van der Waals surface area contributed by atoms with E-state index in [1.807, 2.05) is 0 Å². The van der Waals surface area contributed by atoms with Gasteiger partial charge in [-0.25, -0.2) is 4.31 Å². The third kappa shape index (κ3) is 2.22. The third-order valence-electron chi connectivity index (χ3n) is 2.79. The summed E-state index contributed by atoms with van der Waals surface area (Å²) in [6.07, 6.45) is 3.39. The minimum atomic E-state index is 0.0313. The van der Waals surface area contributed by atoms with Crippen LogP contribution in [0.4, 0.5) is 0 Å². The molecular formula is C11H15NS2. The summed E-state index contributed by atoms with van der Waals surface area (Å²) in [7, 11) is 0.0313. The molecule has 0 radical (unpaired) electrons. The fourth-order valence-corrected chi connectivity index (χ4v) is 3.12. The lowest BCUT2D eigenvalue weighted by Gasteiger charge is -2.14. The second kappa shape index (κ2) is 4.51. The first kappa shape index (κ1) is 10.3. The predicted molar refractivity (Wildman–Crippen MR) is 66.0 cm³/mol. The molecule has 0 N–H and O–H groups in total. The Balaban J connectivity index is 2.06. The molecule has 2 unspecified atom stereocenters. The Morgan fingerprint density at radius 2 is 2.07 bits per heavy atom. The summed E-state index contributed by atoms with van der Waals surface area (Å²) in [6.45, 7) is 2.32. The minimum absolute atomic E-state index is 0.0313. The molecule has 1 aliphatic heterocycles. The van der Waals surface area contributed by atoms with Crippen LogP contribution < -0.4 is 0 Å². The normalized spacial score (nSPS) is 25.1. The molecule has 1 aromatic carbocycles. The average Bonchev–Trinajstić information content (AvgIpc) is 2.68. The van der Waals surface area contributed by atoms with Gasteiger partial charge in [0, 0.05) is 19.3 Å². The predicted octanol–water partition coefficient (Wildman–Crippen LogP) is 2.10. The van der Waals surface area contributed by atoms with Crippen LogP contribution in [0, 0.1) is 0 Å². The second-order valence-electron chi connectivity index (χ2n) is 3.71. The second-order valence-corrected chi connectivity index (χ2v) is 6.52. The molecule has 1 aliphatic rings. The average molecular weight is 225 g/mol. The Morgan fingerprint density at radius 1 is 1.36 bits per heavy atom. The van der Waals surface area contributed by atoms with Gasteiger partial charge in [-0.05, 0) is 29.1 Å². The van der Waals surface area contributed by atoms with E-state index < -0.39 is 0 Å². The van der Waals surface area contributed by atoms with Gasteiger partial charge >= 0.3 is 0 Å². The van der Waals surface area contributed by atoms with Gasteiger partial charge in [-0.15, -0.1) is 0 Å². The van der Waals surface area contributed by atoms with Crippen molar-refractivity contribution >= 4 is 20.8 Å². The standard InChI is InChI=1S/C11H15NS2/c1-14(13)12-8-7-11(9-12)10-5-3-2-4-6-10/h2-6,11H,7-9H2,1H3. The van der Waals surface area contributed by atoms with Gasteiger partial charge in [-0.1, -0.05) is 40.0 Å². The number of hydrogen-bond acceptors (Lipinski definition) is 1. The van der Waals surface area contributed by atoms with Crippen molar-refractivity contribution in [3.05, 3.63) is 35.9 Å². The van der Waals surface area contributed by atoms with Gasteiger partial charge in [0.05, 0.1) is 0 Å². The van der Waals surface area contributed by atoms with Gasteiger partial charge in [0.2, 0.25) is 0 Å². The van der Waals surface area contributed by atoms with E-state index in [0.29, 0.717) is 5.92 Å². The van der Waals surface area contributed by atoms with Crippen LogP contribution in [0.1, 0.15) is 17.9 Å². The Morgan fingerprint density at radius 3 is 2.64 bits per heavy atom. The number of rotatable bonds is 2. The highest BCUT2D eigenvalue weighted by molar-refractivity contribution is 8.27. The largest absolute Gasteiger partial charge is 0.247 e. The lowest BCUT2D eigenvalue weighted by Crippen LogP contribution is -2.20. The van der Waals surface area contributed by atoms with Crippen LogP contribution >= 0.6 is 0 Å². The summed E-state index contributed by atoms with van der Waals surface area (Å²) in [5, 5.41) is 0. The zero-order valence-electron chi connectivity index (χ0n) is 8.35. The number of hydrogen-bond donors (Lipinski definition) is 0. The van der Waals surface area contributed by atoms with Crippen molar-refractivity contribution in [2.24, 2.45) is 0 Å². The number of benzene rings is 1. The van der Waals surface area contributed by atoms with Gasteiger partial charge < -0.3 is 0 Å². The van der Waals surface area contributed by atoms with Crippen molar-refractivity contribution in [3.8, 4) is 0 Å². The third-order valence-corrected chi connectivity index (χ3v) is 4.48. The van der Waals surface area contributed by atoms with Crippen molar-refractivity contribution in [1.82, 2.24) is 4.31 Å². The molecule has 0 aromatic heterocycles. The smallest absolute Gasteiger partial charge is 0.0161 e. The fraction of sp³-hybridized carbons (Fsp3) is 0.455. The van der Waals surface area contributed by atoms with Crippen LogP contribution in [0.3, 0.4) is 0 Å². The molecule has 1 nitrogen and oxygen atoms in total. The van der Waals surface area contributed by atoms with Gasteiger partial charge in [0.1, 0.15) is 0 Å². The Labute approximate surface area is 92.8 Å². The first-order valence-corrected chi connectivity index (χ1v) is 7.42. The zero-order chi connectivity index (χ0) is 9.97. The van der Waals surface area contributed by atoms with Crippen molar-refractivity contribution < 1.29 is 0 Å². The van der Waals surface area contributed by atoms with E-state index >= 15 is 0 Å². The molecule has 0 aliphatic carbocycles. The van der Waals surface area contributed by atoms with Gasteiger partial charge in [-0.2, -0.15) is 0 Å². The summed E-state index contributed by atoms with van der Waals surface area (Å²) in [5.41, 5.74) is 1.47. The molecule has 2 rings (SSSR count). The zero-order valence-corrected chi connectivity index (χ0v) is 9.98. The molecule has 0 saturated carbocycles. The highest BCUT2D eigenvalue weighted by atomic mass is 32.8. The summed E-state index contributed by atoms with van der Waals surface area (Å²) in [4.78, 5) is 0. The molecule has 3 heteroatoms. The molecule has 1 heterocycles. The molecule has 2 atom stereocenters. The molecule has 1 saturated heterocycles. The SMILES string of the molecule is CS(=S)N1CCC(c2ccccc2)C1. The van der Waals surface area contributed by atoms with Crippen molar-refractivity contribution in [3.63, 3.8) is 0 Å². The first-order chi connectivity index (χ1) is 6.77. The van der Waals surface area contributed by atoms with Gasteiger partial charge in [0.15, 0.2) is 0 Å². The highest BCUT2D eigenvalue weighted by Gasteiger charge is 2.23. The van der Waals surface area contributed by atoms with Crippen LogP contribution in [-0.2, 0) is 20.8 Å². The van der Waals surface area contributed by atoms with Crippen molar-refractivity contribution in [2.75, 3.05) is 19.3 Å². The highest BCUT2D eigenvalue weighted by Crippen LogP contribution is 2.27. The van der Waals surface area contributed by atoms with Gasteiger partial charge in [0.25, 0.3) is 0 Å². The molecule has 76 valence electrons. The van der Waals surface area contributed by atoms with Gasteiger partial charge in [-0.3, -0.25) is 0 Å². The Bertz CT molecular complexity index is 323. The van der Waals surface area contributed by atoms with E-state index in [0.717, 1.165) is 6.54 Å². The quantitative estimate of drug-likeness (QED) is 0.758. The van der Waals surface area contributed by atoms with Crippen LogP contribution in [0.5, 0.6) is 0 Å². The first-order valence-electron chi connectivity index (χ1n) is 4.91. The lowest BCUT2D eigenvalue weighted by molar-refractivity contribution is 0.573. The van der Waals surface area contributed by atoms with Crippen LogP contribution in [-0.4, -0.2) is 23.7 Å². The topological polar surface area (TPSA) is 3.24 Å². The summed E-state index contributed by atoms with van der Waals surface area (Å²) in [6, 6.07) is 10.8. The molecule has 0 spiro atoms. The molecule has 14 heavy (non-hydrogen) atoms. The maximum atomic E-state index is 5.30. The van der Waals surface area contributed by atoms with Crippen LogP contribution in [0.2, 0.25) is 0 Å². The minimum Gasteiger partial charge on any atom is -0.247 e. The maximum absolute atomic E-state index is 5.30. The molecule has 1 fully saturated rings. The Kier molecular flexibility index (Phi) is 3.31. The maximum Gasteiger partial charge on any atom is 0.0161 e.